The summed E-state index contributed by atoms with van der Waals surface area (Å²) in [6.07, 6.45) is 1.72. The predicted molar refractivity (Wildman–Crippen MR) is 97.5 cm³/mol. The number of hydrogen-bond donors (Lipinski definition) is 1. The highest BCUT2D eigenvalue weighted by Gasteiger charge is 2.44. The Kier molecular flexibility index (Phi) is 3.20. The van der Waals surface area contributed by atoms with Crippen LogP contribution < -0.4 is 5.32 Å². The molecular formula is C19H13N3O3S. The quantitative estimate of drug-likeness (QED) is 0.724. The Morgan fingerprint density at radius 3 is 2.62 bits per heavy atom. The first kappa shape index (κ1) is 15.2. The molecule has 0 atom stereocenters. The zero-order chi connectivity index (χ0) is 17.8. The summed E-state index contributed by atoms with van der Waals surface area (Å²) in [5.74, 6) is -0.912. The molecule has 7 heteroatoms. The van der Waals surface area contributed by atoms with Crippen molar-refractivity contribution in [3.8, 4) is 0 Å². The lowest BCUT2D eigenvalue weighted by Crippen LogP contribution is -2.31. The summed E-state index contributed by atoms with van der Waals surface area (Å²) in [6.45, 7) is 0. The van der Waals surface area contributed by atoms with Gasteiger partial charge in [-0.2, -0.15) is 0 Å². The van der Waals surface area contributed by atoms with Gasteiger partial charge in [0, 0.05) is 11.6 Å². The summed E-state index contributed by atoms with van der Waals surface area (Å²) in [6, 6.07) is 12.3. The maximum Gasteiger partial charge on any atom is 0.261 e. The van der Waals surface area contributed by atoms with E-state index in [1.807, 2.05) is 24.3 Å². The molecule has 0 bridgehead atoms. The normalized spacial score (nSPS) is 16.2. The van der Waals surface area contributed by atoms with Gasteiger partial charge in [-0.1, -0.05) is 23.5 Å². The average Bonchev–Trinajstić information content (AvgIpc) is 3.34. The zero-order valence-electron chi connectivity index (χ0n) is 13.6. The number of amides is 3. The van der Waals surface area contributed by atoms with E-state index in [9.17, 15) is 14.4 Å². The molecule has 2 aliphatic rings. The molecular weight excluding hydrogens is 350 g/mol. The van der Waals surface area contributed by atoms with Crippen molar-refractivity contribution in [2.24, 2.45) is 0 Å². The second-order valence-electron chi connectivity index (χ2n) is 6.41. The van der Waals surface area contributed by atoms with Gasteiger partial charge in [0.1, 0.15) is 0 Å². The van der Waals surface area contributed by atoms with Crippen molar-refractivity contribution < 1.29 is 14.4 Å². The van der Waals surface area contributed by atoms with Gasteiger partial charge in [0.2, 0.25) is 0 Å². The minimum atomic E-state index is -0.350. The van der Waals surface area contributed by atoms with Crippen molar-refractivity contribution in [2.75, 3.05) is 5.32 Å². The van der Waals surface area contributed by atoms with E-state index in [1.165, 1.54) is 22.3 Å². The number of carbonyl (C=O) groups is 3. The van der Waals surface area contributed by atoms with Gasteiger partial charge in [-0.15, -0.1) is 0 Å². The van der Waals surface area contributed by atoms with Gasteiger partial charge in [-0.3, -0.25) is 24.6 Å². The first-order chi connectivity index (χ1) is 12.6. The van der Waals surface area contributed by atoms with E-state index in [1.54, 1.807) is 12.1 Å². The maximum absolute atomic E-state index is 12.6. The van der Waals surface area contributed by atoms with Crippen LogP contribution in [0.4, 0.5) is 5.13 Å². The van der Waals surface area contributed by atoms with Crippen molar-refractivity contribution in [1.82, 2.24) is 9.88 Å². The van der Waals surface area contributed by atoms with Gasteiger partial charge in [-0.05, 0) is 43.2 Å². The Labute approximate surface area is 152 Å². The average molecular weight is 363 g/mol. The van der Waals surface area contributed by atoms with Crippen LogP contribution in [-0.4, -0.2) is 33.6 Å². The van der Waals surface area contributed by atoms with Crippen LogP contribution in [0.25, 0.3) is 10.2 Å². The number of anilines is 1. The number of para-hydroxylation sites is 1. The molecule has 0 saturated heterocycles. The molecule has 1 aliphatic carbocycles. The summed E-state index contributed by atoms with van der Waals surface area (Å²) >= 11 is 1.39. The standard InChI is InChI=1S/C19H13N3O3S/c23-16(21-19-20-14-3-1-2-4-15(14)26-19)10-5-8-12-13(9-10)18(25)22(17(12)24)11-6-7-11/h1-5,8-9,11H,6-7H2,(H,20,21,23). The maximum atomic E-state index is 12.6. The van der Waals surface area contributed by atoms with Crippen LogP contribution in [0.1, 0.15) is 43.9 Å². The molecule has 1 fully saturated rings. The second-order valence-corrected chi connectivity index (χ2v) is 7.44. The zero-order valence-corrected chi connectivity index (χ0v) is 14.4. The van der Waals surface area contributed by atoms with E-state index in [2.05, 4.69) is 10.3 Å². The largest absolute Gasteiger partial charge is 0.298 e. The molecule has 0 spiro atoms. The monoisotopic (exact) mass is 363 g/mol. The van der Waals surface area contributed by atoms with E-state index >= 15 is 0 Å². The van der Waals surface area contributed by atoms with Crippen LogP contribution in [0.15, 0.2) is 42.5 Å². The number of nitrogens with zero attached hydrogens (tertiary/aromatic N) is 2. The van der Waals surface area contributed by atoms with Gasteiger partial charge in [-0.25, -0.2) is 4.98 Å². The highest BCUT2D eigenvalue weighted by molar-refractivity contribution is 7.22. The third-order valence-electron chi connectivity index (χ3n) is 4.61. The molecule has 6 nitrogen and oxygen atoms in total. The number of nitrogens with one attached hydrogen (secondary N) is 1. The van der Waals surface area contributed by atoms with Crippen LogP contribution in [0.2, 0.25) is 0 Å². The lowest BCUT2D eigenvalue weighted by molar-refractivity contribution is 0.0642. The smallest absolute Gasteiger partial charge is 0.261 e. The van der Waals surface area contributed by atoms with E-state index in [0.717, 1.165) is 23.1 Å². The fraction of sp³-hybridized carbons (Fsp3) is 0.158. The van der Waals surface area contributed by atoms with Crippen LogP contribution in [0.3, 0.4) is 0 Å². The molecule has 3 amide bonds. The number of fused-ring (bicyclic) bond motifs is 2. The Bertz CT molecular complexity index is 1070. The van der Waals surface area contributed by atoms with Crippen molar-refractivity contribution >= 4 is 44.4 Å². The molecule has 0 unspecified atom stereocenters. The molecule has 128 valence electrons. The SMILES string of the molecule is O=C(Nc1nc2ccccc2s1)c1ccc2c(c1)C(=O)N(C1CC1)C2=O. The molecule has 26 heavy (non-hydrogen) atoms. The van der Waals surface area contributed by atoms with Gasteiger partial charge in [0.05, 0.1) is 21.3 Å². The molecule has 3 aromatic rings. The van der Waals surface area contributed by atoms with Crippen LogP contribution in [0, 0.1) is 0 Å². The first-order valence-corrected chi connectivity index (χ1v) is 9.12. The summed E-state index contributed by atoms with van der Waals surface area (Å²) in [4.78, 5) is 43.1. The van der Waals surface area contributed by atoms with Gasteiger partial charge in [0.15, 0.2) is 5.13 Å². The number of carbonyl (C=O) groups excluding carboxylic acids is 3. The number of imide groups is 1. The predicted octanol–water partition coefficient (Wildman–Crippen LogP) is 3.31. The fourth-order valence-corrected chi connectivity index (χ4v) is 4.02. The molecule has 2 aromatic carbocycles. The number of hydrogen-bond acceptors (Lipinski definition) is 5. The number of rotatable bonds is 3. The van der Waals surface area contributed by atoms with Crippen molar-refractivity contribution in [3.63, 3.8) is 0 Å². The Balaban J connectivity index is 1.43. The Morgan fingerprint density at radius 2 is 1.85 bits per heavy atom. The number of aromatic nitrogens is 1. The summed E-state index contributed by atoms with van der Waals surface area (Å²) in [5, 5.41) is 3.27. The third-order valence-corrected chi connectivity index (χ3v) is 5.56. The summed E-state index contributed by atoms with van der Waals surface area (Å²) < 4.78 is 0.984. The van der Waals surface area contributed by atoms with Crippen molar-refractivity contribution in [2.45, 2.75) is 18.9 Å². The molecule has 5 rings (SSSR count). The number of thiazole rings is 1. The summed E-state index contributed by atoms with van der Waals surface area (Å²) in [5.41, 5.74) is 1.83. The van der Waals surface area contributed by atoms with Gasteiger partial charge >= 0.3 is 0 Å². The molecule has 0 radical (unpaired) electrons. The van der Waals surface area contributed by atoms with Crippen molar-refractivity contribution in [1.29, 1.82) is 0 Å². The molecule has 1 N–H and O–H groups in total. The van der Waals surface area contributed by atoms with E-state index in [-0.39, 0.29) is 23.8 Å². The minimum Gasteiger partial charge on any atom is -0.298 e. The number of benzene rings is 2. The fourth-order valence-electron chi connectivity index (χ4n) is 3.16. The third kappa shape index (κ3) is 2.32. The molecule has 1 aliphatic heterocycles. The summed E-state index contributed by atoms with van der Waals surface area (Å²) in [7, 11) is 0. The highest BCUT2D eigenvalue weighted by atomic mass is 32.1. The van der Waals surface area contributed by atoms with E-state index < -0.39 is 0 Å². The Morgan fingerprint density at radius 1 is 1.08 bits per heavy atom. The molecule has 2 heterocycles. The molecule has 1 saturated carbocycles. The first-order valence-electron chi connectivity index (χ1n) is 8.31. The highest BCUT2D eigenvalue weighted by Crippen LogP contribution is 2.35. The van der Waals surface area contributed by atoms with E-state index in [4.69, 9.17) is 0 Å². The van der Waals surface area contributed by atoms with Crippen LogP contribution in [0.5, 0.6) is 0 Å². The van der Waals surface area contributed by atoms with Gasteiger partial charge < -0.3 is 0 Å². The Hall–Kier alpha value is -3.06. The lowest BCUT2D eigenvalue weighted by atomic mass is 10.1. The molecule has 1 aromatic heterocycles. The van der Waals surface area contributed by atoms with E-state index in [0.29, 0.717) is 21.8 Å². The lowest BCUT2D eigenvalue weighted by Gasteiger charge is -2.11. The minimum absolute atomic E-state index is 0.0161. The van der Waals surface area contributed by atoms with Crippen molar-refractivity contribution in [3.05, 3.63) is 59.2 Å². The van der Waals surface area contributed by atoms with Crippen LogP contribution >= 0.6 is 11.3 Å². The van der Waals surface area contributed by atoms with Gasteiger partial charge in [0.25, 0.3) is 17.7 Å². The second kappa shape index (κ2) is 5.47. The topological polar surface area (TPSA) is 79.4 Å². The van der Waals surface area contributed by atoms with Crippen LogP contribution in [-0.2, 0) is 0 Å².